The maximum atomic E-state index is 11.4. The lowest BCUT2D eigenvalue weighted by Gasteiger charge is -2.01. The first-order valence-electron chi connectivity index (χ1n) is 1.73. The summed E-state index contributed by atoms with van der Waals surface area (Å²) in [7, 11) is 0. The van der Waals surface area contributed by atoms with Crippen LogP contribution < -0.4 is 0 Å². The lowest BCUT2D eigenvalue weighted by molar-refractivity contribution is 0.0247. The number of rotatable bonds is 1. The fourth-order valence-electron chi connectivity index (χ4n) is 0. The minimum absolute atomic E-state index is 0.312. The minimum atomic E-state index is -2.57. The predicted octanol–water partition coefficient (Wildman–Crippen LogP) is 1.87. The van der Waals surface area contributed by atoms with E-state index in [1.54, 1.807) is 0 Å². The Labute approximate surface area is 36.2 Å². The molecule has 0 unspecified atom stereocenters. The number of alkyl halides is 2. The summed E-state index contributed by atoms with van der Waals surface area (Å²) in [4.78, 5) is 0. The minimum Gasteiger partial charge on any atom is -0.207 e. The fraction of sp³-hybridized carbons (Fsp3) is 0.750. The van der Waals surface area contributed by atoms with Crippen LogP contribution in [0.2, 0.25) is 0 Å². The highest BCUT2D eigenvalue weighted by atomic mass is 19.3. The van der Waals surface area contributed by atoms with Crippen molar-refractivity contribution in [1.29, 1.82) is 0 Å². The molecule has 0 aromatic carbocycles. The number of halogens is 2. The van der Waals surface area contributed by atoms with Gasteiger partial charge in [0, 0.05) is 6.42 Å². The van der Waals surface area contributed by atoms with Crippen molar-refractivity contribution in [3.05, 3.63) is 6.92 Å². The van der Waals surface area contributed by atoms with Gasteiger partial charge in [-0.05, 0) is 13.8 Å². The smallest absolute Gasteiger partial charge is 0.207 e. The lowest BCUT2D eigenvalue weighted by atomic mass is 10.3. The molecular weight excluding hydrogens is 86.0 g/mol. The molecule has 0 aliphatic rings. The molecular formula is C4H7F2. The Morgan fingerprint density at radius 3 is 1.83 bits per heavy atom. The molecule has 0 amide bonds. The summed E-state index contributed by atoms with van der Waals surface area (Å²) >= 11 is 0. The van der Waals surface area contributed by atoms with E-state index >= 15 is 0 Å². The van der Waals surface area contributed by atoms with Crippen molar-refractivity contribution < 1.29 is 8.78 Å². The average Bonchev–Trinajstić information content (AvgIpc) is 1.35. The molecule has 0 rings (SSSR count). The molecule has 6 heavy (non-hydrogen) atoms. The number of hydrogen-bond acceptors (Lipinski definition) is 0. The van der Waals surface area contributed by atoms with Gasteiger partial charge in [0.2, 0.25) is 5.92 Å². The van der Waals surface area contributed by atoms with Gasteiger partial charge in [-0.1, -0.05) is 0 Å². The molecule has 37 valence electrons. The van der Waals surface area contributed by atoms with E-state index in [4.69, 9.17) is 0 Å². The van der Waals surface area contributed by atoms with Crippen molar-refractivity contribution in [1.82, 2.24) is 0 Å². The van der Waals surface area contributed by atoms with Gasteiger partial charge in [-0.3, -0.25) is 0 Å². The van der Waals surface area contributed by atoms with Gasteiger partial charge in [0.25, 0.3) is 0 Å². The van der Waals surface area contributed by atoms with Crippen LogP contribution in [0.1, 0.15) is 13.3 Å². The monoisotopic (exact) mass is 93.1 g/mol. The van der Waals surface area contributed by atoms with Crippen LogP contribution in [0, 0.1) is 6.92 Å². The van der Waals surface area contributed by atoms with Gasteiger partial charge >= 0.3 is 0 Å². The molecule has 0 aliphatic heterocycles. The van der Waals surface area contributed by atoms with Gasteiger partial charge in [0.15, 0.2) is 0 Å². The van der Waals surface area contributed by atoms with Crippen molar-refractivity contribution in [3.63, 3.8) is 0 Å². The Hall–Kier alpha value is -0.140. The van der Waals surface area contributed by atoms with E-state index in [0.717, 1.165) is 6.92 Å². The zero-order chi connectivity index (χ0) is 5.21. The van der Waals surface area contributed by atoms with Gasteiger partial charge in [0.05, 0.1) is 0 Å². The zero-order valence-electron chi connectivity index (χ0n) is 3.67. The maximum Gasteiger partial charge on any atom is 0.245 e. The van der Waals surface area contributed by atoms with Crippen molar-refractivity contribution in [2.24, 2.45) is 0 Å². The molecule has 0 bridgehead atoms. The molecule has 0 nitrogen and oxygen atoms in total. The summed E-state index contributed by atoms with van der Waals surface area (Å²) in [5.74, 6) is -2.57. The first-order chi connectivity index (χ1) is 2.56. The first-order valence-corrected chi connectivity index (χ1v) is 1.73. The highest BCUT2D eigenvalue weighted by Gasteiger charge is 2.15. The molecule has 0 saturated heterocycles. The predicted molar refractivity (Wildman–Crippen MR) is 20.6 cm³/mol. The Balaban J connectivity index is 3.17. The molecule has 0 saturated carbocycles. The zero-order valence-corrected chi connectivity index (χ0v) is 3.67. The third-order valence-electron chi connectivity index (χ3n) is 0.439. The van der Waals surface area contributed by atoms with Crippen LogP contribution in [0.3, 0.4) is 0 Å². The second kappa shape index (κ2) is 1.54. The van der Waals surface area contributed by atoms with Crippen molar-refractivity contribution in [2.45, 2.75) is 19.3 Å². The summed E-state index contributed by atoms with van der Waals surface area (Å²) in [6.07, 6.45) is -0.312. The molecule has 0 aromatic rings. The molecule has 0 atom stereocenters. The van der Waals surface area contributed by atoms with Gasteiger partial charge in [-0.2, -0.15) is 0 Å². The second-order valence-electron chi connectivity index (χ2n) is 1.32. The van der Waals surface area contributed by atoms with E-state index < -0.39 is 5.92 Å². The van der Waals surface area contributed by atoms with Gasteiger partial charge in [-0.25, -0.2) is 8.78 Å². The van der Waals surface area contributed by atoms with E-state index in [1.165, 1.54) is 0 Å². The highest BCUT2D eigenvalue weighted by Crippen LogP contribution is 2.13. The lowest BCUT2D eigenvalue weighted by Crippen LogP contribution is -2.05. The summed E-state index contributed by atoms with van der Waals surface area (Å²) in [5.41, 5.74) is 0. The van der Waals surface area contributed by atoms with Crippen LogP contribution >= 0.6 is 0 Å². The van der Waals surface area contributed by atoms with E-state index in [2.05, 4.69) is 6.92 Å². The van der Waals surface area contributed by atoms with Crippen LogP contribution in [-0.2, 0) is 0 Å². The molecule has 0 N–H and O–H groups in total. The van der Waals surface area contributed by atoms with Crippen LogP contribution in [0.5, 0.6) is 0 Å². The van der Waals surface area contributed by atoms with E-state index in [-0.39, 0.29) is 6.42 Å². The Kier molecular flexibility index (Phi) is 1.50. The number of hydrogen-bond donors (Lipinski definition) is 0. The quantitative estimate of drug-likeness (QED) is 0.464. The van der Waals surface area contributed by atoms with Crippen LogP contribution in [0.4, 0.5) is 8.78 Å². The SMILES string of the molecule is [CH2]CC(C)(F)F. The Morgan fingerprint density at radius 2 is 1.83 bits per heavy atom. The van der Waals surface area contributed by atoms with Crippen molar-refractivity contribution in [3.8, 4) is 0 Å². The van der Waals surface area contributed by atoms with Crippen molar-refractivity contribution in [2.75, 3.05) is 0 Å². The van der Waals surface area contributed by atoms with Crippen LogP contribution in [-0.4, -0.2) is 5.92 Å². The normalized spacial score (nSPS) is 12.0. The average molecular weight is 93.1 g/mol. The molecule has 0 aliphatic carbocycles. The third kappa shape index (κ3) is 3.86. The van der Waals surface area contributed by atoms with Gasteiger partial charge < -0.3 is 0 Å². The standard InChI is InChI=1S/C4H7F2/c1-3-4(2,5)6/h1,3H2,2H3. The highest BCUT2D eigenvalue weighted by molar-refractivity contribution is 4.57. The largest absolute Gasteiger partial charge is 0.245 e. The first kappa shape index (κ1) is 5.86. The fourth-order valence-corrected chi connectivity index (χ4v) is 0. The molecule has 0 spiro atoms. The van der Waals surface area contributed by atoms with Crippen LogP contribution in [0.25, 0.3) is 0 Å². The van der Waals surface area contributed by atoms with Crippen LogP contribution in [0.15, 0.2) is 0 Å². The summed E-state index contributed by atoms with van der Waals surface area (Å²) < 4.78 is 22.8. The maximum absolute atomic E-state index is 11.4. The second-order valence-corrected chi connectivity index (χ2v) is 1.32. The summed E-state index contributed by atoms with van der Waals surface area (Å²) in [6.45, 7) is 3.85. The molecule has 2 heteroatoms. The van der Waals surface area contributed by atoms with Crippen molar-refractivity contribution >= 4 is 0 Å². The van der Waals surface area contributed by atoms with Gasteiger partial charge in [-0.15, -0.1) is 0 Å². The van der Waals surface area contributed by atoms with E-state index in [0.29, 0.717) is 0 Å². The molecule has 0 fully saturated rings. The van der Waals surface area contributed by atoms with Gasteiger partial charge in [0.1, 0.15) is 0 Å². The Bertz CT molecular complexity index is 35.3. The van der Waals surface area contributed by atoms with E-state index in [1.807, 2.05) is 0 Å². The summed E-state index contributed by atoms with van der Waals surface area (Å²) in [6, 6.07) is 0. The Morgan fingerprint density at radius 1 is 1.67 bits per heavy atom. The van der Waals surface area contributed by atoms with E-state index in [9.17, 15) is 8.78 Å². The topological polar surface area (TPSA) is 0 Å². The third-order valence-corrected chi connectivity index (χ3v) is 0.439. The molecule has 0 heterocycles. The molecule has 0 aromatic heterocycles. The molecule has 1 radical (unpaired) electrons. The summed E-state index contributed by atoms with van der Waals surface area (Å²) in [5, 5.41) is 0.